The van der Waals surface area contributed by atoms with Crippen LogP contribution >= 0.6 is 11.6 Å². The quantitative estimate of drug-likeness (QED) is 0.898. The Hall–Kier alpha value is -1.22. The largest absolute Gasteiger partial charge is 0.478 e. The van der Waals surface area contributed by atoms with E-state index in [2.05, 4.69) is 4.90 Å². The number of hydrogen-bond donors (Lipinski definition) is 1. The van der Waals surface area contributed by atoms with E-state index in [1.807, 2.05) is 6.07 Å². The maximum atomic E-state index is 10.9. The number of carboxylic acid groups (broad SMARTS) is 1. The van der Waals surface area contributed by atoms with E-state index in [-0.39, 0.29) is 5.56 Å². The zero-order valence-corrected chi connectivity index (χ0v) is 11.6. The lowest BCUT2D eigenvalue weighted by Gasteiger charge is -2.42. The predicted molar refractivity (Wildman–Crippen MR) is 76.1 cm³/mol. The summed E-state index contributed by atoms with van der Waals surface area (Å²) in [5, 5.41) is 9.52. The zero-order valence-electron chi connectivity index (χ0n) is 10.8. The lowest BCUT2D eigenvalue weighted by molar-refractivity contribution is 0.0697. The summed E-state index contributed by atoms with van der Waals surface area (Å²) in [5.74, 6) is 0.634. The number of anilines is 1. The zero-order chi connectivity index (χ0) is 13.4. The van der Waals surface area contributed by atoms with Gasteiger partial charge in [0.25, 0.3) is 0 Å². The summed E-state index contributed by atoms with van der Waals surface area (Å²) in [6, 6.07) is 5.06. The Morgan fingerprint density at radius 1 is 1.26 bits per heavy atom. The third-order valence-corrected chi connectivity index (χ3v) is 4.69. The highest BCUT2D eigenvalue weighted by atomic mass is 35.5. The van der Waals surface area contributed by atoms with E-state index in [1.54, 1.807) is 12.1 Å². The van der Waals surface area contributed by atoms with Crippen molar-refractivity contribution >= 4 is 23.3 Å². The molecule has 0 spiro atoms. The molecule has 0 radical (unpaired) electrons. The van der Waals surface area contributed by atoms with Gasteiger partial charge in [-0.1, -0.05) is 18.0 Å². The lowest BCUT2D eigenvalue weighted by Crippen LogP contribution is -2.42. The minimum atomic E-state index is -0.927. The third-order valence-electron chi connectivity index (χ3n) is 4.38. The van der Waals surface area contributed by atoms with Crippen LogP contribution in [0, 0.1) is 11.8 Å². The molecule has 1 N–H and O–H groups in total. The Labute approximate surface area is 118 Å². The van der Waals surface area contributed by atoms with Gasteiger partial charge in [0.1, 0.15) is 0 Å². The molecular formula is C15H18ClNO2. The van der Waals surface area contributed by atoms with E-state index in [9.17, 15) is 4.79 Å². The van der Waals surface area contributed by atoms with Crippen LogP contribution in [-0.4, -0.2) is 24.2 Å². The van der Waals surface area contributed by atoms with Crippen LogP contribution in [0.25, 0.3) is 0 Å². The minimum Gasteiger partial charge on any atom is -0.478 e. The number of fused-ring (bicyclic) bond motifs is 2. The average molecular weight is 280 g/mol. The number of aromatic carboxylic acids is 1. The average Bonchev–Trinajstić information content (AvgIpc) is 2.38. The number of halogens is 1. The highest BCUT2D eigenvalue weighted by Crippen LogP contribution is 2.38. The van der Waals surface area contributed by atoms with Crippen LogP contribution in [0.2, 0.25) is 5.02 Å². The fourth-order valence-electron chi connectivity index (χ4n) is 3.52. The number of hydrogen-bond acceptors (Lipinski definition) is 2. The Morgan fingerprint density at radius 3 is 2.53 bits per heavy atom. The highest BCUT2D eigenvalue weighted by molar-refractivity contribution is 6.33. The van der Waals surface area contributed by atoms with Crippen LogP contribution in [-0.2, 0) is 0 Å². The Morgan fingerprint density at radius 2 is 1.95 bits per heavy atom. The topological polar surface area (TPSA) is 40.5 Å². The van der Waals surface area contributed by atoms with Crippen molar-refractivity contribution in [3.8, 4) is 0 Å². The second-order valence-corrected chi connectivity index (χ2v) is 6.18. The van der Waals surface area contributed by atoms with Gasteiger partial charge >= 0.3 is 5.97 Å². The van der Waals surface area contributed by atoms with E-state index < -0.39 is 5.97 Å². The van der Waals surface area contributed by atoms with Gasteiger partial charge in [0.2, 0.25) is 0 Å². The van der Waals surface area contributed by atoms with Crippen molar-refractivity contribution < 1.29 is 9.90 Å². The fourth-order valence-corrected chi connectivity index (χ4v) is 3.82. The van der Waals surface area contributed by atoms with Gasteiger partial charge in [-0.2, -0.15) is 0 Å². The second kappa shape index (κ2) is 5.04. The number of carbonyl (C=O) groups is 1. The maximum absolute atomic E-state index is 10.9. The van der Waals surface area contributed by atoms with Gasteiger partial charge in [-0.3, -0.25) is 0 Å². The van der Waals surface area contributed by atoms with Gasteiger partial charge < -0.3 is 10.0 Å². The van der Waals surface area contributed by atoms with Gasteiger partial charge in [-0.05, 0) is 49.3 Å². The summed E-state index contributed by atoms with van der Waals surface area (Å²) in [7, 11) is 0. The summed E-state index contributed by atoms with van der Waals surface area (Å²) in [4.78, 5) is 13.3. The molecule has 2 bridgehead atoms. The van der Waals surface area contributed by atoms with E-state index in [0.29, 0.717) is 5.02 Å². The second-order valence-electron chi connectivity index (χ2n) is 5.77. The predicted octanol–water partition coefficient (Wildman–Crippen LogP) is 3.66. The summed E-state index contributed by atoms with van der Waals surface area (Å²) < 4.78 is 0. The Bertz CT molecular complexity index is 491. The molecule has 1 saturated heterocycles. The number of carboxylic acids is 1. The van der Waals surface area contributed by atoms with Crippen LogP contribution in [0.4, 0.5) is 5.69 Å². The number of rotatable bonds is 2. The van der Waals surface area contributed by atoms with Crippen LogP contribution in [0.15, 0.2) is 18.2 Å². The Kier molecular flexibility index (Phi) is 3.40. The molecule has 3 rings (SSSR count). The molecule has 0 aromatic heterocycles. The molecule has 3 nitrogen and oxygen atoms in total. The van der Waals surface area contributed by atoms with Crippen molar-refractivity contribution in [2.24, 2.45) is 11.8 Å². The molecule has 0 amide bonds. The smallest absolute Gasteiger partial charge is 0.335 e. The standard InChI is InChI=1S/C15H18ClNO2/c16-13-7-12(15(18)19)4-5-14(13)17-8-10-2-1-3-11(6-10)9-17/h4-5,7,10-11H,1-3,6,8-9H2,(H,18,19). The molecule has 2 fully saturated rings. The molecule has 1 aromatic rings. The first kappa shape index (κ1) is 12.8. The van der Waals surface area contributed by atoms with Gasteiger partial charge in [0.05, 0.1) is 16.3 Å². The summed E-state index contributed by atoms with van der Waals surface area (Å²) in [6.45, 7) is 2.12. The molecule has 1 heterocycles. The van der Waals surface area contributed by atoms with Gasteiger partial charge in [-0.25, -0.2) is 4.79 Å². The molecule has 2 aliphatic rings. The molecule has 1 aliphatic heterocycles. The van der Waals surface area contributed by atoms with Crippen LogP contribution in [0.1, 0.15) is 36.0 Å². The van der Waals surface area contributed by atoms with E-state index >= 15 is 0 Å². The van der Waals surface area contributed by atoms with Crippen LogP contribution in [0.5, 0.6) is 0 Å². The maximum Gasteiger partial charge on any atom is 0.335 e. The fraction of sp³-hybridized carbons (Fsp3) is 0.533. The summed E-state index contributed by atoms with van der Waals surface area (Å²) in [6.07, 6.45) is 5.34. The minimum absolute atomic E-state index is 0.256. The van der Waals surface area contributed by atoms with Gasteiger partial charge in [-0.15, -0.1) is 0 Å². The van der Waals surface area contributed by atoms with Crippen molar-refractivity contribution in [2.75, 3.05) is 18.0 Å². The van der Waals surface area contributed by atoms with Crippen molar-refractivity contribution in [2.45, 2.75) is 25.7 Å². The molecular weight excluding hydrogens is 262 g/mol. The van der Waals surface area contributed by atoms with Gasteiger partial charge in [0.15, 0.2) is 0 Å². The molecule has 1 saturated carbocycles. The Balaban J connectivity index is 1.84. The first-order valence-corrected chi connectivity index (χ1v) is 7.29. The number of benzene rings is 1. The molecule has 1 aliphatic carbocycles. The normalized spacial score (nSPS) is 26.3. The van der Waals surface area contributed by atoms with Crippen LogP contribution < -0.4 is 4.90 Å². The SMILES string of the molecule is O=C(O)c1ccc(N2CC3CCCC(C3)C2)c(Cl)c1. The monoisotopic (exact) mass is 279 g/mol. The summed E-state index contributed by atoms with van der Waals surface area (Å²) >= 11 is 6.26. The van der Waals surface area contributed by atoms with Crippen molar-refractivity contribution in [3.63, 3.8) is 0 Å². The molecule has 19 heavy (non-hydrogen) atoms. The first-order valence-electron chi connectivity index (χ1n) is 6.91. The van der Waals surface area contributed by atoms with Gasteiger partial charge in [0, 0.05) is 13.1 Å². The number of piperidine rings is 1. The lowest BCUT2D eigenvalue weighted by atomic mass is 9.78. The molecule has 4 heteroatoms. The van der Waals surface area contributed by atoms with Crippen molar-refractivity contribution in [1.82, 2.24) is 0 Å². The van der Waals surface area contributed by atoms with E-state index in [0.717, 1.165) is 30.6 Å². The molecule has 2 atom stereocenters. The number of nitrogens with zero attached hydrogens (tertiary/aromatic N) is 1. The van der Waals surface area contributed by atoms with Crippen molar-refractivity contribution in [3.05, 3.63) is 28.8 Å². The summed E-state index contributed by atoms with van der Waals surface area (Å²) in [5.41, 5.74) is 1.24. The molecule has 1 aromatic carbocycles. The van der Waals surface area contributed by atoms with E-state index in [1.165, 1.54) is 25.7 Å². The molecule has 2 unspecified atom stereocenters. The third kappa shape index (κ3) is 2.57. The van der Waals surface area contributed by atoms with Crippen molar-refractivity contribution in [1.29, 1.82) is 0 Å². The first-order chi connectivity index (χ1) is 9.13. The highest BCUT2D eigenvalue weighted by Gasteiger charge is 2.31. The van der Waals surface area contributed by atoms with E-state index in [4.69, 9.17) is 16.7 Å². The van der Waals surface area contributed by atoms with Crippen LogP contribution in [0.3, 0.4) is 0 Å². The molecule has 102 valence electrons.